The molecule has 1 fully saturated rings. The molecule has 1 saturated carbocycles. The van der Waals surface area contributed by atoms with Gasteiger partial charge in [0.15, 0.2) is 0 Å². The number of thiazole rings is 1. The quantitative estimate of drug-likeness (QED) is 0.912. The Morgan fingerprint density at radius 2 is 2.28 bits per heavy atom. The standard InChI is InChI=1S/C13H21N3OS/c1-3-16(10-6-4-5-7-10)13(17)11-8-18-12(15-11)9(2)14/h8-10H,3-7,14H2,1-2H3. The second-order valence-electron chi connectivity index (χ2n) is 4.89. The summed E-state index contributed by atoms with van der Waals surface area (Å²) in [4.78, 5) is 18.7. The van der Waals surface area contributed by atoms with Crippen LogP contribution in [0.25, 0.3) is 0 Å². The van der Waals surface area contributed by atoms with Gasteiger partial charge in [0.25, 0.3) is 5.91 Å². The zero-order chi connectivity index (χ0) is 13.1. The molecule has 1 aromatic rings. The minimum Gasteiger partial charge on any atom is -0.335 e. The van der Waals surface area contributed by atoms with Crippen molar-refractivity contribution >= 4 is 17.2 Å². The molecular weight excluding hydrogens is 246 g/mol. The van der Waals surface area contributed by atoms with Gasteiger partial charge in [0, 0.05) is 18.0 Å². The van der Waals surface area contributed by atoms with Crippen molar-refractivity contribution in [2.45, 2.75) is 51.6 Å². The average molecular weight is 267 g/mol. The molecule has 1 aliphatic carbocycles. The van der Waals surface area contributed by atoms with Crippen molar-refractivity contribution in [3.63, 3.8) is 0 Å². The lowest BCUT2D eigenvalue weighted by molar-refractivity contribution is 0.0688. The Bertz CT molecular complexity index is 410. The highest BCUT2D eigenvalue weighted by atomic mass is 32.1. The van der Waals surface area contributed by atoms with Crippen LogP contribution in [0.4, 0.5) is 0 Å². The first-order chi connectivity index (χ1) is 8.63. The van der Waals surface area contributed by atoms with E-state index in [-0.39, 0.29) is 11.9 Å². The van der Waals surface area contributed by atoms with E-state index < -0.39 is 0 Å². The van der Waals surface area contributed by atoms with Crippen molar-refractivity contribution in [2.75, 3.05) is 6.54 Å². The van der Waals surface area contributed by atoms with E-state index in [0.29, 0.717) is 11.7 Å². The summed E-state index contributed by atoms with van der Waals surface area (Å²) in [6.07, 6.45) is 4.72. The van der Waals surface area contributed by atoms with Crippen LogP contribution in [-0.4, -0.2) is 28.4 Å². The Morgan fingerprint density at radius 3 is 2.78 bits per heavy atom. The third-order valence-corrected chi connectivity index (χ3v) is 4.54. The van der Waals surface area contributed by atoms with Crippen LogP contribution in [0.1, 0.15) is 61.1 Å². The molecule has 1 atom stereocenters. The summed E-state index contributed by atoms with van der Waals surface area (Å²) in [6.45, 7) is 4.69. The summed E-state index contributed by atoms with van der Waals surface area (Å²) in [5, 5.41) is 2.67. The van der Waals surface area contributed by atoms with Crippen molar-refractivity contribution in [3.05, 3.63) is 16.1 Å². The highest BCUT2D eigenvalue weighted by molar-refractivity contribution is 7.09. The molecule has 18 heavy (non-hydrogen) atoms. The molecule has 1 aliphatic rings. The lowest BCUT2D eigenvalue weighted by Crippen LogP contribution is -2.38. The predicted molar refractivity (Wildman–Crippen MR) is 73.7 cm³/mol. The van der Waals surface area contributed by atoms with Crippen LogP contribution in [0.5, 0.6) is 0 Å². The average Bonchev–Trinajstić information content (AvgIpc) is 3.01. The molecule has 100 valence electrons. The van der Waals surface area contributed by atoms with Gasteiger partial charge in [-0.25, -0.2) is 4.98 Å². The summed E-state index contributed by atoms with van der Waals surface area (Å²) < 4.78 is 0. The van der Waals surface area contributed by atoms with Crippen molar-refractivity contribution in [2.24, 2.45) is 5.73 Å². The first kappa shape index (κ1) is 13.5. The van der Waals surface area contributed by atoms with Crippen LogP contribution in [-0.2, 0) is 0 Å². The molecule has 0 aromatic carbocycles. The minimum atomic E-state index is -0.0990. The molecule has 1 aromatic heterocycles. The molecule has 0 bridgehead atoms. The minimum absolute atomic E-state index is 0.0625. The molecule has 1 unspecified atom stereocenters. The fourth-order valence-electron chi connectivity index (χ4n) is 2.53. The second-order valence-corrected chi connectivity index (χ2v) is 5.78. The number of hydrogen-bond acceptors (Lipinski definition) is 4. The van der Waals surface area contributed by atoms with E-state index in [1.165, 1.54) is 24.2 Å². The van der Waals surface area contributed by atoms with E-state index >= 15 is 0 Å². The lowest BCUT2D eigenvalue weighted by Gasteiger charge is -2.26. The third-order valence-electron chi connectivity index (χ3n) is 3.50. The van der Waals surface area contributed by atoms with Gasteiger partial charge < -0.3 is 10.6 Å². The van der Waals surface area contributed by atoms with E-state index in [9.17, 15) is 4.79 Å². The van der Waals surface area contributed by atoms with E-state index in [2.05, 4.69) is 4.98 Å². The number of aromatic nitrogens is 1. The SMILES string of the molecule is CCN(C(=O)c1csc(C(C)N)n1)C1CCCC1. The molecule has 0 radical (unpaired) electrons. The Morgan fingerprint density at radius 1 is 1.61 bits per heavy atom. The Labute approximate surface area is 112 Å². The summed E-state index contributed by atoms with van der Waals surface area (Å²) in [6, 6.07) is 0.307. The van der Waals surface area contributed by atoms with Gasteiger partial charge in [-0.3, -0.25) is 4.79 Å². The molecule has 1 amide bonds. The number of nitrogens with two attached hydrogens (primary N) is 1. The molecule has 5 heteroatoms. The smallest absolute Gasteiger partial charge is 0.273 e. The van der Waals surface area contributed by atoms with Crippen LogP contribution in [0, 0.1) is 0 Å². The van der Waals surface area contributed by atoms with E-state index in [1.54, 1.807) is 0 Å². The maximum absolute atomic E-state index is 12.4. The van der Waals surface area contributed by atoms with Crippen LogP contribution in [0.2, 0.25) is 0 Å². The molecule has 1 heterocycles. The molecule has 0 saturated heterocycles. The second kappa shape index (κ2) is 5.80. The van der Waals surface area contributed by atoms with Crippen LogP contribution >= 0.6 is 11.3 Å². The molecule has 0 aliphatic heterocycles. The van der Waals surface area contributed by atoms with Gasteiger partial charge in [-0.05, 0) is 26.7 Å². The summed E-state index contributed by atoms with van der Waals surface area (Å²) in [5.74, 6) is 0.0625. The topological polar surface area (TPSA) is 59.2 Å². The highest BCUT2D eigenvalue weighted by Crippen LogP contribution is 2.25. The highest BCUT2D eigenvalue weighted by Gasteiger charge is 2.27. The maximum atomic E-state index is 12.4. The first-order valence-corrected chi connectivity index (χ1v) is 7.53. The van der Waals surface area contributed by atoms with Crippen molar-refractivity contribution in [1.82, 2.24) is 9.88 Å². The normalized spacial score (nSPS) is 17.9. The Hall–Kier alpha value is -0.940. The zero-order valence-electron chi connectivity index (χ0n) is 11.1. The van der Waals surface area contributed by atoms with Crippen LogP contribution < -0.4 is 5.73 Å². The fourth-order valence-corrected chi connectivity index (χ4v) is 3.28. The molecule has 4 nitrogen and oxygen atoms in total. The van der Waals surface area contributed by atoms with Crippen LogP contribution in [0.15, 0.2) is 5.38 Å². The largest absolute Gasteiger partial charge is 0.335 e. The monoisotopic (exact) mass is 267 g/mol. The van der Waals surface area contributed by atoms with Crippen molar-refractivity contribution in [3.8, 4) is 0 Å². The number of carbonyl (C=O) groups is 1. The zero-order valence-corrected chi connectivity index (χ0v) is 11.9. The lowest BCUT2D eigenvalue weighted by atomic mass is 10.2. The van der Waals surface area contributed by atoms with Gasteiger partial charge in [-0.1, -0.05) is 12.8 Å². The summed E-state index contributed by atoms with van der Waals surface area (Å²) in [7, 11) is 0. The summed E-state index contributed by atoms with van der Waals surface area (Å²) in [5.41, 5.74) is 6.34. The number of carbonyl (C=O) groups excluding carboxylic acids is 1. The molecular formula is C13H21N3OS. The van der Waals surface area contributed by atoms with E-state index in [0.717, 1.165) is 24.4 Å². The van der Waals surface area contributed by atoms with Gasteiger partial charge in [0.05, 0.1) is 6.04 Å². The van der Waals surface area contributed by atoms with Crippen LogP contribution in [0.3, 0.4) is 0 Å². The Kier molecular flexibility index (Phi) is 4.35. The van der Waals surface area contributed by atoms with Crippen molar-refractivity contribution in [1.29, 1.82) is 0 Å². The maximum Gasteiger partial charge on any atom is 0.273 e. The van der Waals surface area contributed by atoms with Gasteiger partial charge in [-0.2, -0.15) is 0 Å². The number of rotatable bonds is 4. The van der Waals surface area contributed by atoms with Crippen molar-refractivity contribution < 1.29 is 4.79 Å². The number of nitrogens with zero attached hydrogens (tertiary/aromatic N) is 2. The van der Waals surface area contributed by atoms with Gasteiger partial charge in [0.1, 0.15) is 10.7 Å². The molecule has 2 N–H and O–H groups in total. The molecule has 2 rings (SSSR count). The molecule has 0 spiro atoms. The van der Waals surface area contributed by atoms with Gasteiger partial charge in [-0.15, -0.1) is 11.3 Å². The van der Waals surface area contributed by atoms with Gasteiger partial charge >= 0.3 is 0 Å². The van der Waals surface area contributed by atoms with Gasteiger partial charge in [0.2, 0.25) is 0 Å². The van der Waals surface area contributed by atoms with E-state index in [4.69, 9.17) is 5.73 Å². The number of amides is 1. The van der Waals surface area contributed by atoms with E-state index in [1.807, 2.05) is 24.1 Å². The predicted octanol–water partition coefficient (Wildman–Crippen LogP) is 2.57. The summed E-state index contributed by atoms with van der Waals surface area (Å²) >= 11 is 1.47. The fraction of sp³-hybridized carbons (Fsp3) is 0.692. The first-order valence-electron chi connectivity index (χ1n) is 6.65. The number of hydrogen-bond donors (Lipinski definition) is 1. The third kappa shape index (κ3) is 2.72. The Balaban J connectivity index is 2.12.